The summed E-state index contributed by atoms with van der Waals surface area (Å²) in [5.41, 5.74) is 8.12. The van der Waals surface area contributed by atoms with E-state index in [1.807, 2.05) is 6.07 Å². The summed E-state index contributed by atoms with van der Waals surface area (Å²) < 4.78 is 0. The van der Waals surface area contributed by atoms with Crippen LogP contribution in [0.5, 0.6) is 0 Å². The van der Waals surface area contributed by atoms with Crippen molar-refractivity contribution in [2.75, 3.05) is 5.73 Å². The fourth-order valence-electron chi connectivity index (χ4n) is 2.45. The second-order valence-electron chi connectivity index (χ2n) is 5.42. The minimum absolute atomic E-state index is 0.00113. The van der Waals surface area contributed by atoms with Crippen LogP contribution in [0.3, 0.4) is 0 Å². The molecule has 1 fully saturated rings. The third kappa shape index (κ3) is 3.40. The molecule has 0 saturated heterocycles. The Morgan fingerprint density at radius 1 is 1.29 bits per heavy atom. The number of benzene rings is 1. The molecule has 2 N–H and O–H groups in total. The van der Waals surface area contributed by atoms with Crippen LogP contribution in [0, 0.1) is 10.1 Å². The Labute approximate surface area is 127 Å². The van der Waals surface area contributed by atoms with Gasteiger partial charge in [0.25, 0.3) is 5.69 Å². The van der Waals surface area contributed by atoms with Crippen LogP contribution in [0.15, 0.2) is 35.0 Å². The number of nitrogen functional groups attached to an aromatic ring is 1. The number of hydrogen-bond donors (Lipinski definition) is 1. The summed E-state index contributed by atoms with van der Waals surface area (Å²) in [5.74, 6) is 0. The van der Waals surface area contributed by atoms with Crippen molar-refractivity contribution in [3.05, 3.63) is 56.3 Å². The van der Waals surface area contributed by atoms with Gasteiger partial charge in [-0.1, -0.05) is 6.07 Å². The lowest BCUT2D eigenvalue weighted by molar-refractivity contribution is -0.384. The second kappa shape index (κ2) is 5.83. The Morgan fingerprint density at radius 3 is 2.67 bits per heavy atom. The molecule has 1 saturated carbocycles. The fraction of sp³-hybridized carbons (Fsp3) is 0.333. The van der Waals surface area contributed by atoms with Crippen molar-refractivity contribution in [1.82, 2.24) is 4.90 Å². The van der Waals surface area contributed by atoms with E-state index in [2.05, 4.69) is 21.7 Å². The molecule has 0 atom stereocenters. The van der Waals surface area contributed by atoms with Gasteiger partial charge >= 0.3 is 0 Å². The molecule has 0 spiro atoms. The molecule has 1 aromatic heterocycles. The molecule has 0 unspecified atom stereocenters. The van der Waals surface area contributed by atoms with E-state index in [0.29, 0.717) is 6.04 Å². The number of thiophene rings is 1. The summed E-state index contributed by atoms with van der Waals surface area (Å²) in [6, 6.07) is 7.83. The molecule has 2 aromatic rings. The molecule has 1 aliphatic rings. The number of anilines is 1. The Morgan fingerprint density at radius 2 is 2.05 bits per heavy atom. The van der Waals surface area contributed by atoms with Crippen LogP contribution >= 0.6 is 11.3 Å². The van der Waals surface area contributed by atoms with E-state index in [9.17, 15) is 10.1 Å². The SMILES string of the molecule is Nc1ccc(CN(Cc2ccsc2)C2CC2)cc1[N+](=O)[O-]. The zero-order chi connectivity index (χ0) is 14.8. The molecule has 110 valence electrons. The molecule has 0 aliphatic heterocycles. The lowest BCUT2D eigenvalue weighted by Gasteiger charge is -2.21. The maximum Gasteiger partial charge on any atom is 0.292 e. The summed E-state index contributed by atoms with van der Waals surface area (Å²) in [7, 11) is 0. The molecule has 0 bridgehead atoms. The standard InChI is InChI=1S/C15H17N3O2S/c16-14-4-1-11(7-15(14)18(19)20)8-17(13-2-3-13)9-12-5-6-21-10-12/h1,4-7,10,13H,2-3,8-9,16H2. The van der Waals surface area contributed by atoms with Crippen LogP contribution in [0.2, 0.25) is 0 Å². The number of nitrogens with zero attached hydrogens (tertiary/aromatic N) is 2. The van der Waals surface area contributed by atoms with Gasteiger partial charge in [0.05, 0.1) is 4.92 Å². The van der Waals surface area contributed by atoms with Crippen molar-refractivity contribution < 1.29 is 4.92 Å². The van der Waals surface area contributed by atoms with Crippen molar-refractivity contribution in [2.24, 2.45) is 0 Å². The Bertz CT molecular complexity index is 638. The van der Waals surface area contributed by atoms with E-state index >= 15 is 0 Å². The Kier molecular flexibility index (Phi) is 3.90. The molecule has 0 radical (unpaired) electrons. The van der Waals surface area contributed by atoms with Gasteiger partial charge in [-0.15, -0.1) is 0 Å². The first-order chi connectivity index (χ1) is 10.1. The van der Waals surface area contributed by atoms with Crippen molar-refractivity contribution in [2.45, 2.75) is 32.0 Å². The second-order valence-corrected chi connectivity index (χ2v) is 6.20. The number of nitrogens with two attached hydrogens (primary N) is 1. The van der Waals surface area contributed by atoms with Crippen LogP contribution < -0.4 is 5.73 Å². The third-order valence-corrected chi connectivity index (χ3v) is 4.44. The molecule has 21 heavy (non-hydrogen) atoms. The van der Waals surface area contributed by atoms with Crippen LogP contribution in [-0.2, 0) is 13.1 Å². The molecule has 6 heteroatoms. The molecule has 1 aliphatic carbocycles. The van der Waals surface area contributed by atoms with Gasteiger partial charge < -0.3 is 5.73 Å². The van der Waals surface area contributed by atoms with Gasteiger partial charge in [0.1, 0.15) is 5.69 Å². The average molecular weight is 303 g/mol. The number of nitro groups is 1. The third-order valence-electron chi connectivity index (χ3n) is 3.71. The van der Waals surface area contributed by atoms with Gasteiger partial charge in [0, 0.05) is 25.2 Å². The van der Waals surface area contributed by atoms with E-state index in [-0.39, 0.29) is 11.4 Å². The highest BCUT2D eigenvalue weighted by Crippen LogP contribution is 2.31. The van der Waals surface area contributed by atoms with E-state index in [4.69, 9.17) is 5.73 Å². The maximum atomic E-state index is 11.0. The highest BCUT2D eigenvalue weighted by molar-refractivity contribution is 7.07. The average Bonchev–Trinajstić information content (AvgIpc) is 3.18. The molecule has 5 nitrogen and oxygen atoms in total. The van der Waals surface area contributed by atoms with Gasteiger partial charge in [0.2, 0.25) is 0 Å². The number of rotatable bonds is 6. The highest BCUT2D eigenvalue weighted by atomic mass is 32.1. The largest absolute Gasteiger partial charge is 0.393 e. The van der Waals surface area contributed by atoms with Gasteiger partial charge in [-0.2, -0.15) is 11.3 Å². The normalized spacial score (nSPS) is 14.5. The molecule has 1 heterocycles. The zero-order valence-corrected chi connectivity index (χ0v) is 12.4. The summed E-state index contributed by atoms with van der Waals surface area (Å²) in [6.07, 6.45) is 2.42. The van der Waals surface area contributed by atoms with Crippen molar-refractivity contribution >= 4 is 22.7 Å². The van der Waals surface area contributed by atoms with Crippen molar-refractivity contribution in [3.63, 3.8) is 0 Å². The number of hydrogen-bond acceptors (Lipinski definition) is 5. The zero-order valence-electron chi connectivity index (χ0n) is 11.6. The number of nitro benzene ring substituents is 1. The first-order valence-electron chi connectivity index (χ1n) is 6.91. The molecule has 3 rings (SSSR count). The first-order valence-corrected chi connectivity index (χ1v) is 7.85. The smallest absolute Gasteiger partial charge is 0.292 e. The highest BCUT2D eigenvalue weighted by Gasteiger charge is 2.29. The van der Waals surface area contributed by atoms with E-state index in [0.717, 1.165) is 18.7 Å². The summed E-state index contributed by atoms with van der Waals surface area (Å²) in [4.78, 5) is 12.9. The van der Waals surface area contributed by atoms with Crippen molar-refractivity contribution in [3.8, 4) is 0 Å². The molecular formula is C15H17N3O2S. The van der Waals surface area contributed by atoms with E-state index in [1.165, 1.54) is 18.4 Å². The topological polar surface area (TPSA) is 72.4 Å². The van der Waals surface area contributed by atoms with Crippen LogP contribution in [-0.4, -0.2) is 15.9 Å². The minimum atomic E-state index is -0.417. The summed E-state index contributed by atoms with van der Waals surface area (Å²) >= 11 is 1.70. The maximum absolute atomic E-state index is 11.0. The van der Waals surface area contributed by atoms with Gasteiger partial charge in [-0.05, 0) is 46.9 Å². The lowest BCUT2D eigenvalue weighted by Crippen LogP contribution is -2.24. The predicted molar refractivity (Wildman–Crippen MR) is 84.1 cm³/mol. The Balaban J connectivity index is 1.76. The van der Waals surface area contributed by atoms with Gasteiger partial charge in [-0.25, -0.2) is 0 Å². The van der Waals surface area contributed by atoms with Gasteiger partial charge in [-0.3, -0.25) is 15.0 Å². The minimum Gasteiger partial charge on any atom is -0.393 e. The monoisotopic (exact) mass is 303 g/mol. The lowest BCUT2D eigenvalue weighted by atomic mass is 10.1. The molecule has 1 aromatic carbocycles. The van der Waals surface area contributed by atoms with E-state index < -0.39 is 4.92 Å². The Hall–Kier alpha value is -1.92. The summed E-state index contributed by atoms with van der Waals surface area (Å²) in [6.45, 7) is 1.62. The molecular weight excluding hydrogens is 286 g/mol. The fourth-order valence-corrected chi connectivity index (χ4v) is 3.11. The van der Waals surface area contributed by atoms with E-state index in [1.54, 1.807) is 23.5 Å². The quantitative estimate of drug-likeness (QED) is 0.504. The predicted octanol–water partition coefficient (Wildman–Crippen LogP) is 3.40. The first kappa shape index (κ1) is 14.0. The molecule has 0 amide bonds. The van der Waals surface area contributed by atoms with Gasteiger partial charge in [0.15, 0.2) is 0 Å². The van der Waals surface area contributed by atoms with Crippen LogP contribution in [0.25, 0.3) is 0 Å². The summed E-state index contributed by atoms with van der Waals surface area (Å²) in [5, 5.41) is 15.2. The van der Waals surface area contributed by atoms with Crippen molar-refractivity contribution in [1.29, 1.82) is 0 Å². The van der Waals surface area contributed by atoms with Crippen LogP contribution in [0.4, 0.5) is 11.4 Å². The van der Waals surface area contributed by atoms with Crippen LogP contribution in [0.1, 0.15) is 24.0 Å².